The maximum Gasteiger partial charge on any atom is 0.255 e. The van der Waals surface area contributed by atoms with Crippen LogP contribution in [0.5, 0.6) is 0 Å². The molecule has 3 heterocycles. The molecule has 5 heteroatoms. The van der Waals surface area contributed by atoms with E-state index in [1.54, 1.807) is 24.5 Å². The van der Waals surface area contributed by atoms with Crippen LogP contribution in [0.2, 0.25) is 0 Å². The predicted molar refractivity (Wildman–Crippen MR) is 74.6 cm³/mol. The van der Waals surface area contributed by atoms with Crippen molar-refractivity contribution in [3.05, 3.63) is 58.1 Å². The molecule has 0 atom stereocenters. The molecule has 0 N–H and O–H groups in total. The molecular formula is C14H12BrN3O. The van der Waals surface area contributed by atoms with Crippen molar-refractivity contribution in [2.45, 2.75) is 13.0 Å². The minimum atomic E-state index is 0.0227. The maximum atomic E-state index is 12.4. The van der Waals surface area contributed by atoms with E-state index >= 15 is 0 Å². The van der Waals surface area contributed by atoms with Crippen LogP contribution in [0.25, 0.3) is 0 Å². The van der Waals surface area contributed by atoms with Gasteiger partial charge in [-0.05, 0) is 39.7 Å². The Hall–Kier alpha value is -1.75. The number of halogens is 1. The van der Waals surface area contributed by atoms with Crippen LogP contribution in [0.3, 0.4) is 0 Å². The van der Waals surface area contributed by atoms with Crippen LogP contribution < -0.4 is 0 Å². The van der Waals surface area contributed by atoms with E-state index in [9.17, 15) is 4.79 Å². The third-order valence-electron chi connectivity index (χ3n) is 3.23. The van der Waals surface area contributed by atoms with Gasteiger partial charge in [-0.1, -0.05) is 6.07 Å². The molecule has 3 rings (SSSR count). The van der Waals surface area contributed by atoms with Crippen LogP contribution >= 0.6 is 15.9 Å². The Morgan fingerprint density at radius 2 is 2.16 bits per heavy atom. The standard InChI is InChI=1S/C14H12BrN3O/c15-13-4-3-10(8-17-13)14(19)18-7-5-12-11(9-18)2-1-6-16-12/h1-4,6,8H,5,7,9H2. The molecule has 0 radical (unpaired) electrons. The van der Waals surface area contributed by atoms with Crippen molar-refractivity contribution in [1.29, 1.82) is 0 Å². The Balaban J connectivity index is 1.81. The Morgan fingerprint density at radius 1 is 1.26 bits per heavy atom. The number of fused-ring (bicyclic) bond motifs is 1. The fraction of sp³-hybridized carbons (Fsp3) is 0.214. The highest BCUT2D eigenvalue weighted by molar-refractivity contribution is 9.10. The van der Waals surface area contributed by atoms with Gasteiger partial charge in [0.05, 0.1) is 5.56 Å². The first-order valence-corrected chi connectivity index (χ1v) is 6.87. The minimum Gasteiger partial charge on any atom is -0.334 e. The van der Waals surface area contributed by atoms with Crippen molar-refractivity contribution in [2.24, 2.45) is 0 Å². The van der Waals surface area contributed by atoms with Gasteiger partial charge in [-0.2, -0.15) is 0 Å². The summed E-state index contributed by atoms with van der Waals surface area (Å²) in [5, 5.41) is 0. The largest absolute Gasteiger partial charge is 0.334 e. The second-order valence-corrected chi connectivity index (χ2v) is 5.27. The number of hydrogen-bond donors (Lipinski definition) is 0. The number of rotatable bonds is 1. The summed E-state index contributed by atoms with van der Waals surface area (Å²) in [6, 6.07) is 7.51. The van der Waals surface area contributed by atoms with Crippen molar-refractivity contribution in [3.8, 4) is 0 Å². The summed E-state index contributed by atoms with van der Waals surface area (Å²) in [4.78, 5) is 22.7. The van der Waals surface area contributed by atoms with Gasteiger partial charge in [0.1, 0.15) is 4.60 Å². The van der Waals surface area contributed by atoms with Gasteiger partial charge in [0.2, 0.25) is 0 Å². The molecule has 1 aliphatic rings. The highest BCUT2D eigenvalue weighted by atomic mass is 79.9. The molecule has 0 fully saturated rings. The average Bonchev–Trinajstić information content (AvgIpc) is 2.47. The molecule has 0 saturated heterocycles. The first-order chi connectivity index (χ1) is 9.24. The van der Waals surface area contributed by atoms with E-state index in [0.717, 1.165) is 22.3 Å². The van der Waals surface area contributed by atoms with Crippen molar-refractivity contribution in [1.82, 2.24) is 14.9 Å². The van der Waals surface area contributed by atoms with E-state index in [1.165, 1.54) is 0 Å². The predicted octanol–water partition coefficient (Wildman–Crippen LogP) is 2.44. The van der Waals surface area contributed by atoms with Gasteiger partial charge in [0.15, 0.2) is 0 Å². The van der Waals surface area contributed by atoms with E-state index in [-0.39, 0.29) is 5.91 Å². The Kier molecular flexibility index (Phi) is 3.29. The number of hydrogen-bond acceptors (Lipinski definition) is 3. The number of aromatic nitrogens is 2. The zero-order valence-corrected chi connectivity index (χ0v) is 11.8. The van der Waals surface area contributed by atoms with E-state index in [2.05, 4.69) is 25.9 Å². The van der Waals surface area contributed by atoms with E-state index in [0.29, 0.717) is 18.7 Å². The van der Waals surface area contributed by atoms with Crippen molar-refractivity contribution < 1.29 is 4.79 Å². The molecule has 4 nitrogen and oxygen atoms in total. The Labute approximate surface area is 119 Å². The zero-order valence-electron chi connectivity index (χ0n) is 10.2. The fourth-order valence-corrected chi connectivity index (χ4v) is 2.46. The second-order valence-electron chi connectivity index (χ2n) is 4.46. The van der Waals surface area contributed by atoms with Crippen LogP contribution in [0.4, 0.5) is 0 Å². The van der Waals surface area contributed by atoms with E-state index in [4.69, 9.17) is 0 Å². The lowest BCUT2D eigenvalue weighted by Gasteiger charge is -2.28. The van der Waals surface area contributed by atoms with Crippen LogP contribution in [0, 0.1) is 0 Å². The molecule has 0 aliphatic carbocycles. The van der Waals surface area contributed by atoms with Gasteiger partial charge in [-0.25, -0.2) is 4.98 Å². The Morgan fingerprint density at radius 3 is 2.95 bits per heavy atom. The first-order valence-electron chi connectivity index (χ1n) is 6.07. The Bertz CT molecular complexity index is 612. The molecule has 0 aromatic carbocycles. The zero-order chi connectivity index (χ0) is 13.2. The average molecular weight is 318 g/mol. The topological polar surface area (TPSA) is 46.1 Å². The molecule has 1 amide bonds. The van der Waals surface area contributed by atoms with Crippen LogP contribution in [-0.2, 0) is 13.0 Å². The summed E-state index contributed by atoms with van der Waals surface area (Å²) in [6.45, 7) is 1.33. The molecular weight excluding hydrogens is 306 g/mol. The monoisotopic (exact) mass is 317 g/mol. The van der Waals surface area contributed by atoms with Gasteiger partial charge in [0.25, 0.3) is 5.91 Å². The van der Waals surface area contributed by atoms with E-state index in [1.807, 2.05) is 17.0 Å². The second kappa shape index (κ2) is 5.09. The summed E-state index contributed by atoms with van der Waals surface area (Å²) in [5.41, 5.74) is 2.85. The number of nitrogens with zero attached hydrogens (tertiary/aromatic N) is 3. The lowest BCUT2D eigenvalue weighted by Crippen LogP contribution is -2.36. The first kappa shape index (κ1) is 12.3. The summed E-state index contributed by atoms with van der Waals surface area (Å²) < 4.78 is 0.734. The van der Waals surface area contributed by atoms with E-state index < -0.39 is 0 Å². The summed E-state index contributed by atoms with van der Waals surface area (Å²) in [6.07, 6.45) is 4.21. The molecule has 2 aromatic heterocycles. The number of pyridine rings is 2. The fourth-order valence-electron chi connectivity index (χ4n) is 2.22. The summed E-state index contributed by atoms with van der Waals surface area (Å²) >= 11 is 3.27. The van der Waals surface area contributed by atoms with Gasteiger partial charge in [0, 0.05) is 37.6 Å². The molecule has 0 saturated carbocycles. The molecule has 19 heavy (non-hydrogen) atoms. The molecule has 0 spiro atoms. The molecule has 2 aromatic rings. The summed E-state index contributed by atoms with van der Waals surface area (Å²) in [5.74, 6) is 0.0227. The van der Waals surface area contributed by atoms with Gasteiger partial charge in [-0.3, -0.25) is 9.78 Å². The number of carbonyl (C=O) groups excluding carboxylic acids is 1. The third-order valence-corrected chi connectivity index (χ3v) is 3.69. The lowest BCUT2D eigenvalue weighted by atomic mass is 10.1. The van der Waals surface area contributed by atoms with Crippen molar-refractivity contribution in [2.75, 3.05) is 6.54 Å². The smallest absolute Gasteiger partial charge is 0.255 e. The quantitative estimate of drug-likeness (QED) is 0.759. The SMILES string of the molecule is O=C(c1ccc(Br)nc1)N1CCc2ncccc2C1. The number of amides is 1. The third kappa shape index (κ3) is 2.51. The highest BCUT2D eigenvalue weighted by Gasteiger charge is 2.22. The van der Waals surface area contributed by atoms with Crippen LogP contribution in [0.1, 0.15) is 21.6 Å². The van der Waals surface area contributed by atoms with Crippen LogP contribution in [-0.4, -0.2) is 27.3 Å². The van der Waals surface area contributed by atoms with Crippen molar-refractivity contribution >= 4 is 21.8 Å². The summed E-state index contributed by atoms with van der Waals surface area (Å²) in [7, 11) is 0. The van der Waals surface area contributed by atoms with Gasteiger partial charge in [-0.15, -0.1) is 0 Å². The number of carbonyl (C=O) groups is 1. The van der Waals surface area contributed by atoms with Crippen molar-refractivity contribution in [3.63, 3.8) is 0 Å². The normalized spacial score (nSPS) is 14.1. The molecule has 1 aliphatic heterocycles. The molecule has 96 valence electrons. The maximum absolute atomic E-state index is 12.4. The van der Waals surface area contributed by atoms with Gasteiger partial charge >= 0.3 is 0 Å². The molecule has 0 bridgehead atoms. The van der Waals surface area contributed by atoms with Crippen LogP contribution in [0.15, 0.2) is 41.3 Å². The lowest BCUT2D eigenvalue weighted by molar-refractivity contribution is 0.0733. The molecule has 0 unspecified atom stereocenters. The van der Waals surface area contributed by atoms with Gasteiger partial charge < -0.3 is 4.90 Å². The minimum absolute atomic E-state index is 0.0227. The highest BCUT2D eigenvalue weighted by Crippen LogP contribution is 2.18.